The van der Waals surface area contributed by atoms with E-state index in [9.17, 15) is 39.1 Å². The van der Waals surface area contributed by atoms with Gasteiger partial charge in [-0.25, -0.2) is 8.42 Å². The predicted molar refractivity (Wildman–Crippen MR) is 86.0 cm³/mol. The van der Waals surface area contributed by atoms with Gasteiger partial charge in [-0.1, -0.05) is 0 Å². The SMILES string of the molecule is CO[C@H]1O[C@H](CS(=O)(=O)C[C@H]2O[C@H](OC)[C@H](O)[C@@H](O)[C@H]2O)[C@@H](O)[C@H](O)[C@H]1O. The minimum Gasteiger partial charge on any atom is -0.388 e. The summed E-state index contributed by atoms with van der Waals surface area (Å²) in [6.45, 7) is 0. The van der Waals surface area contributed by atoms with E-state index in [-0.39, 0.29) is 0 Å². The summed E-state index contributed by atoms with van der Waals surface area (Å²) >= 11 is 0. The zero-order valence-electron chi connectivity index (χ0n) is 14.7. The van der Waals surface area contributed by atoms with Crippen molar-refractivity contribution in [1.29, 1.82) is 0 Å². The summed E-state index contributed by atoms with van der Waals surface area (Å²) < 4.78 is 44.9. The quantitative estimate of drug-likeness (QED) is 0.242. The Morgan fingerprint density at radius 1 is 0.667 bits per heavy atom. The number of aliphatic hydroxyl groups excluding tert-OH is 6. The summed E-state index contributed by atoms with van der Waals surface area (Å²) in [6, 6.07) is 0. The van der Waals surface area contributed by atoms with E-state index < -0.39 is 82.8 Å². The molecule has 27 heavy (non-hydrogen) atoms. The van der Waals surface area contributed by atoms with Gasteiger partial charge in [0.2, 0.25) is 0 Å². The van der Waals surface area contributed by atoms with Crippen molar-refractivity contribution in [2.24, 2.45) is 0 Å². The van der Waals surface area contributed by atoms with Gasteiger partial charge in [-0.15, -0.1) is 0 Å². The molecular formula is C14H26O12S. The van der Waals surface area contributed by atoms with E-state index in [1.807, 2.05) is 0 Å². The zero-order chi connectivity index (χ0) is 20.5. The third-order valence-corrected chi connectivity index (χ3v) is 6.31. The summed E-state index contributed by atoms with van der Waals surface area (Å²) in [5, 5.41) is 59.0. The van der Waals surface area contributed by atoms with Gasteiger partial charge in [0.05, 0.1) is 11.5 Å². The number of methoxy groups -OCH3 is 2. The van der Waals surface area contributed by atoms with Crippen molar-refractivity contribution in [3.63, 3.8) is 0 Å². The highest BCUT2D eigenvalue weighted by Crippen LogP contribution is 2.26. The molecule has 10 atom stereocenters. The molecule has 2 rings (SSSR count). The molecule has 0 aromatic rings. The number of aliphatic hydroxyl groups is 6. The van der Waals surface area contributed by atoms with Crippen molar-refractivity contribution in [2.75, 3.05) is 25.7 Å². The summed E-state index contributed by atoms with van der Waals surface area (Å²) in [6.07, 6.45) is -15.4. The minimum absolute atomic E-state index is 0.777. The Bertz CT molecular complexity index is 537. The normalized spacial score (nSPS) is 46.4. The summed E-state index contributed by atoms with van der Waals surface area (Å²) in [5.41, 5.74) is 0. The van der Waals surface area contributed by atoms with Crippen LogP contribution in [0, 0.1) is 0 Å². The monoisotopic (exact) mass is 418 g/mol. The molecule has 12 nitrogen and oxygen atoms in total. The fourth-order valence-electron chi connectivity index (χ4n) is 3.07. The highest BCUT2D eigenvalue weighted by molar-refractivity contribution is 7.91. The second kappa shape index (κ2) is 8.92. The van der Waals surface area contributed by atoms with Crippen LogP contribution in [0.15, 0.2) is 0 Å². The van der Waals surface area contributed by atoms with E-state index in [1.165, 1.54) is 14.2 Å². The molecule has 2 saturated heterocycles. The molecule has 0 saturated carbocycles. The molecule has 0 aromatic carbocycles. The Labute approximate surface area is 155 Å². The van der Waals surface area contributed by atoms with E-state index in [1.54, 1.807) is 0 Å². The van der Waals surface area contributed by atoms with Crippen LogP contribution < -0.4 is 0 Å². The topological polar surface area (TPSA) is 192 Å². The molecule has 0 amide bonds. The second-order valence-corrected chi connectivity index (χ2v) is 8.73. The van der Waals surface area contributed by atoms with E-state index in [2.05, 4.69) is 0 Å². The Morgan fingerprint density at radius 3 is 1.30 bits per heavy atom. The minimum atomic E-state index is -4.06. The molecule has 0 aliphatic carbocycles. The molecule has 160 valence electrons. The van der Waals surface area contributed by atoms with Gasteiger partial charge in [0.1, 0.15) is 48.8 Å². The second-order valence-electron chi connectivity index (χ2n) is 6.58. The lowest BCUT2D eigenvalue weighted by atomic mass is 10.00. The van der Waals surface area contributed by atoms with E-state index >= 15 is 0 Å². The molecule has 6 N–H and O–H groups in total. The van der Waals surface area contributed by atoms with Gasteiger partial charge in [-0.05, 0) is 0 Å². The van der Waals surface area contributed by atoms with Gasteiger partial charge >= 0.3 is 0 Å². The van der Waals surface area contributed by atoms with Crippen LogP contribution in [0.2, 0.25) is 0 Å². The highest BCUT2D eigenvalue weighted by Gasteiger charge is 2.48. The van der Waals surface area contributed by atoms with Gasteiger partial charge in [-0.2, -0.15) is 0 Å². The van der Waals surface area contributed by atoms with Gasteiger partial charge in [0.15, 0.2) is 22.4 Å². The first-order chi connectivity index (χ1) is 12.5. The molecule has 0 bridgehead atoms. The van der Waals surface area contributed by atoms with Crippen molar-refractivity contribution < 1.29 is 58.0 Å². The van der Waals surface area contributed by atoms with E-state index in [0.29, 0.717) is 0 Å². The maximum absolute atomic E-state index is 12.5. The number of hydrogen-bond acceptors (Lipinski definition) is 12. The lowest BCUT2D eigenvalue weighted by Gasteiger charge is -2.41. The van der Waals surface area contributed by atoms with Crippen LogP contribution >= 0.6 is 0 Å². The van der Waals surface area contributed by atoms with Crippen LogP contribution in [0.3, 0.4) is 0 Å². The molecule has 2 fully saturated rings. The number of ether oxygens (including phenoxy) is 4. The fourth-order valence-corrected chi connectivity index (χ4v) is 4.76. The van der Waals surface area contributed by atoms with Crippen LogP contribution in [-0.4, -0.2) is 126 Å². The van der Waals surface area contributed by atoms with Crippen LogP contribution in [0.25, 0.3) is 0 Å². The van der Waals surface area contributed by atoms with Crippen LogP contribution in [-0.2, 0) is 28.8 Å². The van der Waals surface area contributed by atoms with E-state index in [0.717, 1.165) is 0 Å². The molecule has 2 heterocycles. The maximum Gasteiger partial charge on any atom is 0.186 e. The van der Waals surface area contributed by atoms with Crippen LogP contribution in [0.1, 0.15) is 0 Å². The third-order valence-electron chi connectivity index (χ3n) is 4.64. The highest BCUT2D eigenvalue weighted by atomic mass is 32.2. The van der Waals surface area contributed by atoms with Gasteiger partial charge in [0.25, 0.3) is 0 Å². The average Bonchev–Trinajstić information content (AvgIpc) is 2.62. The van der Waals surface area contributed by atoms with E-state index in [4.69, 9.17) is 18.9 Å². The maximum atomic E-state index is 12.5. The van der Waals surface area contributed by atoms with Crippen molar-refractivity contribution >= 4 is 9.84 Å². The average molecular weight is 418 g/mol. The van der Waals surface area contributed by atoms with Crippen LogP contribution in [0.5, 0.6) is 0 Å². The van der Waals surface area contributed by atoms with Crippen molar-refractivity contribution in [1.82, 2.24) is 0 Å². The molecule has 0 spiro atoms. The first kappa shape index (κ1) is 22.8. The van der Waals surface area contributed by atoms with Crippen molar-refractivity contribution in [2.45, 2.75) is 61.4 Å². The Kier molecular flexibility index (Phi) is 7.54. The Balaban J connectivity index is 2.07. The molecule has 0 radical (unpaired) electrons. The van der Waals surface area contributed by atoms with Gasteiger partial charge < -0.3 is 49.6 Å². The molecule has 2 aliphatic heterocycles. The Morgan fingerprint density at radius 2 is 1.00 bits per heavy atom. The summed E-state index contributed by atoms with van der Waals surface area (Å²) in [4.78, 5) is 0. The smallest absolute Gasteiger partial charge is 0.186 e. The van der Waals surface area contributed by atoms with Gasteiger partial charge in [-0.3, -0.25) is 0 Å². The number of sulfone groups is 1. The zero-order valence-corrected chi connectivity index (χ0v) is 15.5. The molecule has 0 aromatic heterocycles. The number of hydrogen-bond donors (Lipinski definition) is 6. The Hall–Kier alpha value is -0.450. The fraction of sp³-hybridized carbons (Fsp3) is 1.00. The first-order valence-corrected chi connectivity index (χ1v) is 10.00. The summed E-state index contributed by atoms with van der Waals surface area (Å²) in [5.74, 6) is -1.55. The number of rotatable bonds is 6. The lowest BCUT2D eigenvalue weighted by Crippen LogP contribution is -2.61. The third kappa shape index (κ3) is 4.94. The first-order valence-electron chi connectivity index (χ1n) is 8.17. The standard InChI is InChI=1S/C14H26O12S/c1-23-13-11(19)9(17)7(15)5(25-13)3-27(21,22)4-6-8(16)10(18)12(20)14(24-2)26-6/h5-20H,3-4H2,1-2H3/t5-,6-,7-,8+,9+,10+,11-,12-,13+,14+/m1/s1. The predicted octanol–water partition coefficient (Wildman–Crippen LogP) is -4.69. The van der Waals surface area contributed by atoms with Gasteiger partial charge in [0, 0.05) is 14.2 Å². The molecule has 0 unspecified atom stereocenters. The molecular weight excluding hydrogens is 392 g/mol. The largest absolute Gasteiger partial charge is 0.388 e. The lowest BCUT2D eigenvalue weighted by molar-refractivity contribution is -0.286. The summed E-state index contributed by atoms with van der Waals surface area (Å²) in [7, 11) is -1.71. The molecule has 13 heteroatoms. The van der Waals surface area contributed by atoms with Crippen LogP contribution in [0.4, 0.5) is 0 Å². The molecule has 2 aliphatic rings. The van der Waals surface area contributed by atoms with Crippen molar-refractivity contribution in [3.8, 4) is 0 Å². The van der Waals surface area contributed by atoms with Crippen molar-refractivity contribution in [3.05, 3.63) is 0 Å².